The first-order chi connectivity index (χ1) is 16.8. The molecule has 3 aromatic rings. The van der Waals surface area contributed by atoms with E-state index in [4.69, 9.17) is 15.5 Å². The molecule has 1 fully saturated rings. The summed E-state index contributed by atoms with van der Waals surface area (Å²) in [5, 5.41) is 12.5. The van der Waals surface area contributed by atoms with Gasteiger partial charge in [-0.2, -0.15) is 4.80 Å². The van der Waals surface area contributed by atoms with Gasteiger partial charge >= 0.3 is 0 Å². The molecule has 184 valence electrons. The molecule has 0 spiro atoms. The highest BCUT2D eigenvalue weighted by Crippen LogP contribution is 2.41. The third kappa shape index (κ3) is 3.57. The fraction of sp³-hybridized carbons (Fsp3) is 0.500. The number of primary amides is 1. The number of nitrogens with zero attached hydrogens (tertiary/aromatic N) is 7. The lowest BCUT2D eigenvalue weighted by atomic mass is 9.93. The number of fused-ring (bicyclic) bond motifs is 3. The maximum atomic E-state index is 13.7. The molecular formula is C24H30N8O3. The fourth-order valence-electron chi connectivity index (χ4n) is 5.28. The van der Waals surface area contributed by atoms with Crippen molar-refractivity contribution in [2.45, 2.75) is 58.0 Å². The van der Waals surface area contributed by atoms with E-state index < -0.39 is 11.4 Å². The van der Waals surface area contributed by atoms with Crippen LogP contribution in [-0.4, -0.2) is 65.7 Å². The van der Waals surface area contributed by atoms with E-state index in [1.165, 1.54) is 4.80 Å². The maximum absolute atomic E-state index is 13.7. The number of carbonyl (C=O) groups is 2. The Bertz CT molecular complexity index is 1330. The topological polar surface area (TPSA) is 134 Å². The lowest BCUT2D eigenvalue weighted by molar-refractivity contribution is -0.126. The second-order valence-electron chi connectivity index (χ2n) is 9.39. The number of imidazole rings is 1. The molecule has 0 aliphatic carbocycles. The monoisotopic (exact) mass is 478 g/mol. The van der Waals surface area contributed by atoms with Crippen LogP contribution >= 0.6 is 0 Å². The molecule has 1 aromatic carbocycles. The van der Waals surface area contributed by atoms with Crippen molar-refractivity contribution in [3.8, 4) is 28.4 Å². The molecule has 35 heavy (non-hydrogen) atoms. The minimum atomic E-state index is -1.00. The van der Waals surface area contributed by atoms with Crippen LogP contribution in [0, 0.1) is 0 Å². The molecule has 2 amide bonds. The molecule has 11 nitrogen and oxygen atoms in total. The number of nitrogens with two attached hydrogens (primary N) is 1. The van der Waals surface area contributed by atoms with Crippen molar-refractivity contribution < 1.29 is 14.3 Å². The summed E-state index contributed by atoms with van der Waals surface area (Å²) in [6, 6.07) is 4.02. The molecule has 5 rings (SSSR count). The van der Waals surface area contributed by atoms with Gasteiger partial charge in [0, 0.05) is 18.7 Å². The smallest absolute Gasteiger partial charge is 0.290 e. The Morgan fingerprint density at radius 1 is 1.23 bits per heavy atom. The zero-order valence-electron chi connectivity index (χ0n) is 20.5. The van der Waals surface area contributed by atoms with Crippen LogP contribution in [-0.2, 0) is 31.2 Å². The molecule has 0 bridgehead atoms. The first kappa shape index (κ1) is 23.0. The summed E-state index contributed by atoms with van der Waals surface area (Å²) >= 11 is 0. The summed E-state index contributed by atoms with van der Waals surface area (Å²) in [5.74, 6) is 0.763. The number of aryl methyl sites for hydroxylation is 3. The van der Waals surface area contributed by atoms with Crippen molar-refractivity contribution in [2.24, 2.45) is 12.8 Å². The number of likely N-dealkylation sites (tertiary alicyclic amines) is 1. The van der Waals surface area contributed by atoms with Crippen LogP contribution in [0.4, 0.5) is 0 Å². The largest absolute Gasteiger partial charge is 0.496 e. The van der Waals surface area contributed by atoms with Crippen molar-refractivity contribution >= 4 is 11.8 Å². The molecular weight excluding hydrogens is 448 g/mol. The molecule has 2 aromatic heterocycles. The van der Waals surface area contributed by atoms with Crippen molar-refractivity contribution in [3.63, 3.8) is 0 Å². The number of carbonyl (C=O) groups excluding carboxylic acids is 2. The first-order valence-corrected chi connectivity index (χ1v) is 12.0. The van der Waals surface area contributed by atoms with E-state index >= 15 is 0 Å². The minimum absolute atomic E-state index is 0.250. The van der Waals surface area contributed by atoms with Gasteiger partial charge in [-0.1, -0.05) is 13.3 Å². The van der Waals surface area contributed by atoms with Crippen LogP contribution in [0.2, 0.25) is 0 Å². The summed E-state index contributed by atoms with van der Waals surface area (Å²) < 4.78 is 7.65. The first-order valence-electron chi connectivity index (χ1n) is 12.0. The predicted octanol–water partition coefficient (Wildman–Crippen LogP) is 1.74. The van der Waals surface area contributed by atoms with Crippen LogP contribution in [0.25, 0.3) is 22.6 Å². The predicted molar refractivity (Wildman–Crippen MR) is 128 cm³/mol. The average Bonchev–Trinajstić information content (AvgIpc) is 3.55. The Morgan fingerprint density at radius 2 is 2.03 bits per heavy atom. The number of tetrazole rings is 1. The van der Waals surface area contributed by atoms with E-state index in [9.17, 15) is 9.59 Å². The summed E-state index contributed by atoms with van der Waals surface area (Å²) in [7, 11) is 3.34. The Hall–Kier alpha value is -3.76. The average molecular weight is 479 g/mol. The van der Waals surface area contributed by atoms with Gasteiger partial charge in [-0.15, -0.1) is 10.2 Å². The van der Waals surface area contributed by atoms with Gasteiger partial charge < -0.3 is 19.9 Å². The number of benzene rings is 1. The van der Waals surface area contributed by atoms with Crippen LogP contribution in [0.5, 0.6) is 5.75 Å². The normalized spacial score (nSPS) is 18.9. The summed E-state index contributed by atoms with van der Waals surface area (Å²) in [5.41, 5.74) is 9.30. The fourth-order valence-corrected chi connectivity index (χ4v) is 5.28. The third-order valence-corrected chi connectivity index (χ3v) is 7.17. The lowest BCUT2D eigenvalue weighted by Gasteiger charge is -2.32. The Labute approximate surface area is 203 Å². The number of methoxy groups -OCH3 is 1. The second-order valence-corrected chi connectivity index (χ2v) is 9.39. The van der Waals surface area contributed by atoms with Crippen LogP contribution in [0.3, 0.4) is 0 Å². The second kappa shape index (κ2) is 8.47. The Balaban J connectivity index is 1.66. The Morgan fingerprint density at radius 3 is 2.69 bits per heavy atom. The molecule has 4 heterocycles. The summed E-state index contributed by atoms with van der Waals surface area (Å²) in [6.07, 6.45) is 3.60. The number of hydrogen-bond acceptors (Lipinski definition) is 7. The lowest BCUT2D eigenvalue weighted by Crippen LogP contribution is -2.54. The number of ether oxygens (including phenoxy) is 1. The van der Waals surface area contributed by atoms with Gasteiger partial charge in [0.1, 0.15) is 11.3 Å². The molecule has 2 aliphatic rings. The van der Waals surface area contributed by atoms with Crippen LogP contribution < -0.4 is 10.5 Å². The van der Waals surface area contributed by atoms with Gasteiger partial charge in [-0.3, -0.25) is 9.59 Å². The van der Waals surface area contributed by atoms with Gasteiger partial charge in [0.25, 0.3) is 5.91 Å². The molecule has 11 heteroatoms. The van der Waals surface area contributed by atoms with E-state index in [2.05, 4.69) is 22.3 Å². The van der Waals surface area contributed by atoms with Gasteiger partial charge in [0.15, 0.2) is 5.82 Å². The van der Waals surface area contributed by atoms with Gasteiger partial charge in [-0.05, 0) is 55.5 Å². The highest BCUT2D eigenvalue weighted by molar-refractivity contribution is 5.98. The molecule has 2 N–H and O–H groups in total. The third-order valence-electron chi connectivity index (χ3n) is 7.17. The van der Waals surface area contributed by atoms with Gasteiger partial charge in [0.05, 0.1) is 31.1 Å². The molecule has 1 atom stereocenters. The summed E-state index contributed by atoms with van der Waals surface area (Å²) in [6.45, 7) is 4.92. The van der Waals surface area contributed by atoms with Crippen molar-refractivity contribution in [1.29, 1.82) is 0 Å². The van der Waals surface area contributed by atoms with Crippen molar-refractivity contribution in [3.05, 3.63) is 29.2 Å². The highest BCUT2D eigenvalue weighted by Gasteiger charge is 2.46. The number of aromatic nitrogens is 6. The maximum Gasteiger partial charge on any atom is 0.290 e. The Kier molecular flexibility index (Phi) is 5.57. The van der Waals surface area contributed by atoms with Crippen LogP contribution in [0.1, 0.15) is 55.0 Å². The standard InChI is InChI=1S/C24H30N8O3/c1-5-7-17-19-15-13-16(20-27-29-30(3)28-20)18(35-4)12-14(15)8-11-31(19)21(26-17)22(33)32-10-6-9-24(32,2)23(25)34/h12-13H,5-11H2,1-4H3,(H2,25,34)/t24-/m1/s1. The molecule has 0 saturated carbocycles. The summed E-state index contributed by atoms with van der Waals surface area (Å²) in [4.78, 5) is 33.8. The zero-order valence-corrected chi connectivity index (χ0v) is 20.5. The zero-order chi connectivity index (χ0) is 24.9. The van der Waals surface area contributed by atoms with Gasteiger partial charge in [0.2, 0.25) is 11.7 Å². The van der Waals surface area contributed by atoms with E-state index in [-0.39, 0.29) is 5.91 Å². The van der Waals surface area contributed by atoms with Crippen LogP contribution in [0.15, 0.2) is 12.1 Å². The van der Waals surface area contributed by atoms with Crippen molar-refractivity contribution in [2.75, 3.05) is 13.7 Å². The molecule has 0 radical (unpaired) electrons. The van der Waals surface area contributed by atoms with E-state index in [0.29, 0.717) is 43.3 Å². The SMILES string of the molecule is CCCc1nc(C(=O)N2CCC[C@]2(C)C(N)=O)n2c1-c1cc(-c3nnn(C)n3)c(OC)cc1CC2. The number of hydrogen-bond donors (Lipinski definition) is 1. The highest BCUT2D eigenvalue weighted by atomic mass is 16.5. The molecule has 0 unspecified atom stereocenters. The minimum Gasteiger partial charge on any atom is -0.496 e. The number of rotatable bonds is 6. The van der Waals surface area contributed by atoms with Gasteiger partial charge in [-0.25, -0.2) is 4.98 Å². The van der Waals surface area contributed by atoms with E-state index in [1.54, 1.807) is 26.0 Å². The number of amides is 2. The van der Waals surface area contributed by atoms with E-state index in [0.717, 1.165) is 47.3 Å². The van der Waals surface area contributed by atoms with Crippen molar-refractivity contribution in [1.82, 2.24) is 34.7 Å². The quantitative estimate of drug-likeness (QED) is 0.570. The molecule has 2 aliphatic heterocycles. The van der Waals surface area contributed by atoms with E-state index in [1.807, 2.05) is 16.7 Å². The molecule has 1 saturated heterocycles.